The second kappa shape index (κ2) is 7.08. The lowest BCUT2D eigenvalue weighted by Crippen LogP contribution is -2.24. The van der Waals surface area contributed by atoms with Crippen molar-refractivity contribution in [2.75, 3.05) is 37.5 Å². The van der Waals surface area contributed by atoms with Crippen molar-refractivity contribution in [2.45, 2.75) is 19.3 Å². The third-order valence-electron chi connectivity index (χ3n) is 3.43. The Labute approximate surface area is 124 Å². The van der Waals surface area contributed by atoms with Crippen LogP contribution in [-0.2, 0) is 9.59 Å². The van der Waals surface area contributed by atoms with Crippen molar-refractivity contribution in [1.29, 1.82) is 0 Å². The molecule has 2 rings (SSSR count). The second-order valence-corrected chi connectivity index (χ2v) is 4.94. The maximum absolute atomic E-state index is 11.9. The summed E-state index contributed by atoms with van der Waals surface area (Å²) in [7, 11) is 3.38. The molecule has 0 radical (unpaired) electrons. The van der Waals surface area contributed by atoms with Crippen LogP contribution in [0.3, 0.4) is 0 Å². The number of nitrogens with one attached hydrogen (secondary N) is 2. The van der Waals surface area contributed by atoms with Crippen LogP contribution in [0.5, 0.6) is 5.75 Å². The van der Waals surface area contributed by atoms with Crippen LogP contribution >= 0.6 is 0 Å². The van der Waals surface area contributed by atoms with Gasteiger partial charge in [0.2, 0.25) is 11.8 Å². The van der Waals surface area contributed by atoms with E-state index in [9.17, 15) is 9.59 Å². The molecule has 114 valence electrons. The summed E-state index contributed by atoms with van der Waals surface area (Å²) in [5, 5.41) is 5.77. The van der Waals surface area contributed by atoms with Crippen LogP contribution in [0, 0.1) is 0 Å². The van der Waals surface area contributed by atoms with E-state index in [0.717, 1.165) is 6.42 Å². The van der Waals surface area contributed by atoms with Crippen LogP contribution in [-0.4, -0.2) is 39.1 Å². The molecule has 2 N–H and O–H groups in total. The molecule has 0 spiro atoms. The Balaban J connectivity index is 2.17. The largest absolute Gasteiger partial charge is 0.495 e. The molecule has 1 fully saturated rings. The van der Waals surface area contributed by atoms with Crippen molar-refractivity contribution in [1.82, 2.24) is 5.32 Å². The molecule has 1 aliphatic rings. The second-order valence-electron chi connectivity index (χ2n) is 4.94. The highest BCUT2D eigenvalue weighted by Crippen LogP contribution is 2.33. The molecule has 1 aliphatic heterocycles. The van der Waals surface area contributed by atoms with Gasteiger partial charge in [0, 0.05) is 31.6 Å². The quantitative estimate of drug-likeness (QED) is 0.830. The molecule has 0 atom stereocenters. The Morgan fingerprint density at radius 1 is 1.43 bits per heavy atom. The first kappa shape index (κ1) is 15.3. The van der Waals surface area contributed by atoms with Crippen molar-refractivity contribution < 1.29 is 14.3 Å². The smallest absolute Gasteiger partial charge is 0.227 e. The van der Waals surface area contributed by atoms with E-state index in [2.05, 4.69) is 10.6 Å². The zero-order chi connectivity index (χ0) is 15.2. The predicted octanol–water partition coefficient (Wildman–Crippen LogP) is 1.37. The molecule has 1 heterocycles. The van der Waals surface area contributed by atoms with Gasteiger partial charge in [-0.1, -0.05) is 0 Å². The topological polar surface area (TPSA) is 70.7 Å². The molecular weight excluding hydrogens is 270 g/mol. The summed E-state index contributed by atoms with van der Waals surface area (Å²) in [6.45, 7) is 1.31. The van der Waals surface area contributed by atoms with Crippen LogP contribution in [0.2, 0.25) is 0 Å². The fraction of sp³-hybridized carbons (Fsp3) is 0.467. The minimum Gasteiger partial charge on any atom is -0.495 e. The number of nitrogens with zero attached hydrogens (tertiary/aromatic N) is 1. The van der Waals surface area contributed by atoms with Gasteiger partial charge in [-0.15, -0.1) is 0 Å². The van der Waals surface area contributed by atoms with E-state index in [1.807, 2.05) is 0 Å². The van der Waals surface area contributed by atoms with Crippen LogP contribution in [0.1, 0.15) is 19.3 Å². The molecule has 6 nitrogen and oxygen atoms in total. The number of hydrogen-bond donors (Lipinski definition) is 2. The van der Waals surface area contributed by atoms with Crippen molar-refractivity contribution in [2.24, 2.45) is 0 Å². The van der Waals surface area contributed by atoms with Gasteiger partial charge in [0.05, 0.1) is 12.8 Å². The van der Waals surface area contributed by atoms with Crippen LogP contribution < -0.4 is 20.3 Å². The number of benzene rings is 1. The minimum absolute atomic E-state index is 0.0618. The van der Waals surface area contributed by atoms with Gasteiger partial charge in [0.1, 0.15) is 5.75 Å². The lowest BCUT2D eigenvalue weighted by molar-refractivity contribution is -0.117. The summed E-state index contributed by atoms with van der Waals surface area (Å²) in [6, 6.07) is 5.34. The number of ether oxygens (including phenoxy) is 1. The Bertz CT molecular complexity index is 531. The van der Waals surface area contributed by atoms with Gasteiger partial charge in [0.15, 0.2) is 0 Å². The van der Waals surface area contributed by atoms with Gasteiger partial charge in [0.25, 0.3) is 0 Å². The van der Waals surface area contributed by atoms with E-state index in [4.69, 9.17) is 4.74 Å². The third-order valence-corrected chi connectivity index (χ3v) is 3.43. The van der Waals surface area contributed by atoms with E-state index < -0.39 is 0 Å². The Hall–Kier alpha value is -2.08. The van der Waals surface area contributed by atoms with Crippen molar-refractivity contribution in [3.8, 4) is 5.75 Å². The molecule has 0 aliphatic carbocycles. The summed E-state index contributed by atoms with van der Waals surface area (Å²) in [5.74, 6) is 0.665. The molecular formula is C15H21N3O3. The minimum atomic E-state index is -0.0618. The monoisotopic (exact) mass is 291 g/mol. The van der Waals surface area contributed by atoms with Crippen molar-refractivity contribution in [3.63, 3.8) is 0 Å². The number of rotatable bonds is 6. The van der Waals surface area contributed by atoms with Crippen molar-refractivity contribution in [3.05, 3.63) is 18.2 Å². The van der Waals surface area contributed by atoms with E-state index in [0.29, 0.717) is 43.1 Å². The highest BCUT2D eigenvalue weighted by Gasteiger charge is 2.24. The fourth-order valence-corrected chi connectivity index (χ4v) is 2.34. The van der Waals surface area contributed by atoms with E-state index in [-0.39, 0.29) is 11.8 Å². The molecule has 1 aromatic carbocycles. The average molecular weight is 291 g/mol. The Kier molecular flexibility index (Phi) is 5.16. The van der Waals surface area contributed by atoms with Gasteiger partial charge >= 0.3 is 0 Å². The Morgan fingerprint density at radius 2 is 2.24 bits per heavy atom. The lowest BCUT2D eigenvalue weighted by atomic mass is 10.2. The standard InChI is InChI=1S/C15H21N3O3/c1-16-8-7-14(19)17-11-5-6-13(21-2)12(10-11)18-9-3-4-15(18)20/h5-6,10,16H,3-4,7-9H2,1-2H3,(H,17,19). The molecule has 0 saturated carbocycles. The number of methoxy groups -OCH3 is 1. The van der Waals surface area contributed by atoms with E-state index >= 15 is 0 Å². The molecule has 0 unspecified atom stereocenters. The van der Waals surface area contributed by atoms with Crippen LogP contribution in [0.25, 0.3) is 0 Å². The van der Waals surface area contributed by atoms with Gasteiger partial charge in [-0.05, 0) is 31.7 Å². The van der Waals surface area contributed by atoms with Crippen LogP contribution in [0.4, 0.5) is 11.4 Å². The number of carbonyl (C=O) groups excluding carboxylic acids is 2. The van der Waals surface area contributed by atoms with Gasteiger partial charge in [-0.2, -0.15) is 0 Å². The summed E-state index contributed by atoms with van der Waals surface area (Å²) in [6.07, 6.45) is 1.81. The summed E-state index contributed by atoms with van der Waals surface area (Å²) in [4.78, 5) is 25.4. The summed E-state index contributed by atoms with van der Waals surface area (Å²) < 4.78 is 5.31. The highest BCUT2D eigenvalue weighted by atomic mass is 16.5. The van der Waals surface area contributed by atoms with Gasteiger partial charge < -0.3 is 20.3 Å². The lowest BCUT2D eigenvalue weighted by Gasteiger charge is -2.20. The number of anilines is 2. The Morgan fingerprint density at radius 3 is 2.86 bits per heavy atom. The molecule has 21 heavy (non-hydrogen) atoms. The van der Waals surface area contributed by atoms with E-state index in [1.165, 1.54) is 0 Å². The maximum Gasteiger partial charge on any atom is 0.227 e. The first-order valence-corrected chi connectivity index (χ1v) is 7.08. The maximum atomic E-state index is 11.9. The fourth-order valence-electron chi connectivity index (χ4n) is 2.34. The molecule has 1 aromatic rings. The molecule has 0 aromatic heterocycles. The predicted molar refractivity (Wildman–Crippen MR) is 81.8 cm³/mol. The van der Waals surface area contributed by atoms with Gasteiger partial charge in [-0.3, -0.25) is 9.59 Å². The molecule has 0 bridgehead atoms. The summed E-state index contributed by atoms with van der Waals surface area (Å²) >= 11 is 0. The highest BCUT2D eigenvalue weighted by molar-refractivity contribution is 5.98. The molecule has 2 amide bonds. The summed E-state index contributed by atoms with van der Waals surface area (Å²) in [5.41, 5.74) is 1.39. The zero-order valence-electron chi connectivity index (χ0n) is 12.4. The number of carbonyl (C=O) groups is 2. The molecule has 6 heteroatoms. The average Bonchev–Trinajstić information content (AvgIpc) is 2.91. The van der Waals surface area contributed by atoms with Crippen molar-refractivity contribution >= 4 is 23.2 Å². The SMILES string of the molecule is CNCCC(=O)Nc1ccc(OC)c(N2CCCC2=O)c1. The number of hydrogen-bond acceptors (Lipinski definition) is 4. The first-order chi connectivity index (χ1) is 10.2. The normalized spacial score (nSPS) is 14.4. The van der Waals surface area contributed by atoms with Gasteiger partial charge in [-0.25, -0.2) is 0 Å². The number of amides is 2. The zero-order valence-corrected chi connectivity index (χ0v) is 12.4. The van der Waals surface area contributed by atoms with Crippen LogP contribution in [0.15, 0.2) is 18.2 Å². The molecule has 1 saturated heterocycles. The van der Waals surface area contributed by atoms with E-state index in [1.54, 1.807) is 37.3 Å². The third kappa shape index (κ3) is 3.72. The first-order valence-electron chi connectivity index (χ1n) is 7.08.